The summed E-state index contributed by atoms with van der Waals surface area (Å²) in [5.74, 6) is -0.617. The van der Waals surface area contributed by atoms with Crippen LogP contribution in [0.25, 0.3) is 11.0 Å². The van der Waals surface area contributed by atoms with Crippen LogP contribution < -0.4 is 10.6 Å². The van der Waals surface area contributed by atoms with Crippen molar-refractivity contribution in [3.8, 4) is 0 Å². The maximum atomic E-state index is 15.1. The highest BCUT2D eigenvalue weighted by Gasteiger charge is 2.51. The number of nitrogens with zero attached hydrogens (tertiary/aromatic N) is 2. The molecule has 1 aliphatic heterocycles. The van der Waals surface area contributed by atoms with Crippen molar-refractivity contribution in [2.45, 2.75) is 70.7 Å². The van der Waals surface area contributed by atoms with Crippen LogP contribution in [-0.4, -0.2) is 57.1 Å². The third kappa shape index (κ3) is 8.52. The Morgan fingerprint density at radius 3 is 1.88 bits per heavy atom. The van der Waals surface area contributed by atoms with Crippen molar-refractivity contribution < 1.29 is 33.4 Å². The van der Waals surface area contributed by atoms with Crippen LogP contribution >= 0.6 is 0 Å². The number of hydrogen-bond donors (Lipinski definition) is 3. The van der Waals surface area contributed by atoms with Gasteiger partial charge in [-0.1, -0.05) is 84.9 Å². The molecule has 4 aliphatic carbocycles. The molecule has 1 unspecified atom stereocenters. The average Bonchev–Trinajstić information content (AvgIpc) is 3.78. The molecule has 11 rings (SSSR count). The molecule has 3 amide bonds. The van der Waals surface area contributed by atoms with E-state index in [1.165, 1.54) is 48.7 Å². The van der Waals surface area contributed by atoms with Gasteiger partial charge in [0.25, 0.3) is 11.8 Å². The van der Waals surface area contributed by atoms with Gasteiger partial charge in [0.05, 0.1) is 39.6 Å². The lowest BCUT2D eigenvalue weighted by Crippen LogP contribution is -2.52. The first-order chi connectivity index (χ1) is 31.1. The molecule has 64 heavy (non-hydrogen) atoms. The maximum absolute atomic E-state index is 15.1. The molecule has 2 heterocycles. The number of carbonyl (C=O) groups is 5. The smallest absolute Gasteiger partial charge is 0.338 e. The van der Waals surface area contributed by atoms with Gasteiger partial charge in [0.15, 0.2) is 0 Å². The average molecular weight is 856 g/mol. The van der Waals surface area contributed by atoms with Crippen LogP contribution in [0, 0.1) is 23.2 Å². The Morgan fingerprint density at radius 1 is 0.688 bits per heavy atom. The number of imidazole rings is 1. The molecule has 6 aromatic rings. The van der Waals surface area contributed by atoms with E-state index in [2.05, 4.69) is 20.6 Å². The molecule has 5 aromatic carbocycles. The van der Waals surface area contributed by atoms with E-state index in [9.17, 15) is 19.2 Å². The molecule has 4 saturated carbocycles. The van der Waals surface area contributed by atoms with E-state index < -0.39 is 29.8 Å². The van der Waals surface area contributed by atoms with Crippen molar-refractivity contribution in [3.63, 3.8) is 0 Å². The molecule has 4 bridgehead atoms. The van der Waals surface area contributed by atoms with E-state index >= 15 is 4.79 Å². The molecule has 324 valence electrons. The van der Waals surface area contributed by atoms with Crippen LogP contribution in [0.4, 0.5) is 5.69 Å². The third-order valence-electron chi connectivity index (χ3n) is 13.7. The number of amides is 3. The summed E-state index contributed by atoms with van der Waals surface area (Å²) < 4.78 is 11.3. The summed E-state index contributed by atoms with van der Waals surface area (Å²) in [6, 6.07) is 32.6. The number of anilines is 1. The fourth-order valence-corrected chi connectivity index (χ4v) is 11.1. The van der Waals surface area contributed by atoms with Gasteiger partial charge in [-0.3, -0.25) is 14.4 Å². The lowest BCUT2D eigenvalue weighted by atomic mass is 9.49. The van der Waals surface area contributed by atoms with E-state index in [4.69, 9.17) is 9.47 Å². The van der Waals surface area contributed by atoms with Gasteiger partial charge in [0, 0.05) is 25.2 Å². The van der Waals surface area contributed by atoms with Crippen molar-refractivity contribution in [1.29, 1.82) is 0 Å². The minimum Gasteiger partial charge on any atom is -0.457 e. The Morgan fingerprint density at radius 2 is 1.27 bits per heavy atom. The van der Waals surface area contributed by atoms with E-state index in [1.54, 1.807) is 12.1 Å². The van der Waals surface area contributed by atoms with Crippen LogP contribution in [0.3, 0.4) is 0 Å². The largest absolute Gasteiger partial charge is 0.457 e. The quantitative estimate of drug-likeness (QED) is 0.104. The molecule has 1 aromatic heterocycles. The Balaban J connectivity index is 0.936. The van der Waals surface area contributed by atoms with Gasteiger partial charge in [-0.05, 0) is 114 Å². The summed E-state index contributed by atoms with van der Waals surface area (Å²) in [6.45, 7) is 0.653. The number of nitrogens with one attached hydrogen (secondary N) is 3. The Hall–Kier alpha value is -7.08. The summed E-state index contributed by atoms with van der Waals surface area (Å²) in [4.78, 5) is 80.1. The number of H-pyrrole nitrogens is 1. The molecular formula is C52H49N5O7. The lowest BCUT2D eigenvalue weighted by Gasteiger charge is -2.56. The number of hydrogen-bond acceptors (Lipinski definition) is 8. The van der Waals surface area contributed by atoms with Gasteiger partial charge in [0.1, 0.15) is 19.3 Å². The van der Waals surface area contributed by atoms with Crippen LogP contribution in [-0.2, 0) is 40.4 Å². The molecule has 12 nitrogen and oxygen atoms in total. The second kappa shape index (κ2) is 17.2. The molecule has 4 fully saturated rings. The van der Waals surface area contributed by atoms with Gasteiger partial charge >= 0.3 is 11.9 Å². The highest BCUT2D eigenvalue weighted by molar-refractivity contribution is 6.11. The van der Waals surface area contributed by atoms with Gasteiger partial charge in [0.2, 0.25) is 5.91 Å². The van der Waals surface area contributed by atoms with Crippen molar-refractivity contribution in [2.75, 3.05) is 11.9 Å². The second-order valence-corrected chi connectivity index (χ2v) is 18.3. The first kappa shape index (κ1) is 41.0. The fraction of sp³-hybridized carbons (Fsp3) is 0.308. The zero-order valence-electron chi connectivity index (χ0n) is 35.4. The van der Waals surface area contributed by atoms with Crippen molar-refractivity contribution in [3.05, 3.63) is 166 Å². The van der Waals surface area contributed by atoms with Crippen LogP contribution in [0.15, 0.2) is 122 Å². The molecule has 12 heteroatoms. The molecule has 0 radical (unpaired) electrons. The number of benzene rings is 5. The molecule has 1 atom stereocenters. The number of rotatable bonds is 12. The molecule has 3 N–H and O–H groups in total. The first-order valence-corrected chi connectivity index (χ1v) is 22.2. The highest BCUT2D eigenvalue weighted by Crippen LogP contribution is 2.59. The van der Waals surface area contributed by atoms with Crippen molar-refractivity contribution in [2.24, 2.45) is 23.2 Å². The minimum atomic E-state index is -1.04. The highest BCUT2D eigenvalue weighted by atomic mass is 16.5. The number of esters is 2. The Bertz CT molecular complexity index is 2660. The number of aromatic amines is 1. The van der Waals surface area contributed by atoms with E-state index in [0.717, 1.165) is 59.3 Å². The Kier molecular flexibility index (Phi) is 11.0. The minimum absolute atomic E-state index is 0.00474. The zero-order chi connectivity index (χ0) is 43.8. The van der Waals surface area contributed by atoms with Gasteiger partial charge in [-0.15, -0.1) is 0 Å². The van der Waals surface area contributed by atoms with Crippen molar-refractivity contribution in [1.82, 2.24) is 20.2 Å². The number of aromatic nitrogens is 2. The molecule has 0 spiro atoms. The Labute approximate surface area is 370 Å². The van der Waals surface area contributed by atoms with Gasteiger partial charge in [-0.25, -0.2) is 14.6 Å². The van der Waals surface area contributed by atoms with Crippen molar-refractivity contribution >= 4 is 46.4 Å². The maximum Gasteiger partial charge on any atom is 0.338 e. The number of carbonyl (C=O) groups excluding carboxylic acids is 5. The fourth-order valence-electron chi connectivity index (χ4n) is 11.1. The predicted molar refractivity (Wildman–Crippen MR) is 239 cm³/mol. The predicted octanol–water partition coefficient (Wildman–Crippen LogP) is 8.43. The van der Waals surface area contributed by atoms with Gasteiger partial charge < -0.3 is 30.0 Å². The molecule has 5 aliphatic rings. The number of fused-ring (bicyclic) bond motifs is 2. The van der Waals surface area contributed by atoms with E-state index in [0.29, 0.717) is 17.6 Å². The molecular weight excluding hydrogens is 807 g/mol. The third-order valence-corrected chi connectivity index (χ3v) is 13.7. The van der Waals surface area contributed by atoms with E-state index in [1.807, 2.05) is 84.9 Å². The topological polar surface area (TPSA) is 160 Å². The number of ether oxygens (including phenoxy) is 2. The molecule has 0 saturated heterocycles. The lowest BCUT2D eigenvalue weighted by molar-refractivity contribution is -0.121. The first-order valence-electron chi connectivity index (χ1n) is 22.2. The second-order valence-electron chi connectivity index (χ2n) is 18.3. The summed E-state index contributed by atoms with van der Waals surface area (Å²) in [7, 11) is 0. The summed E-state index contributed by atoms with van der Waals surface area (Å²) in [5, 5.41) is 6.18. The summed E-state index contributed by atoms with van der Waals surface area (Å²) in [6.07, 6.45) is 8.98. The van der Waals surface area contributed by atoms with Crippen LogP contribution in [0.5, 0.6) is 0 Å². The van der Waals surface area contributed by atoms with Gasteiger partial charge in [-0.2, -0.15) is 0 Å². The summed E-state index contributed by atoms with van der Waals surface area (Å²) >= 11 is 0. The summed E-state index contributed by atoms with van der Waals surface area (Å²) in [5.41, 5.74) is 5.10. The standard InChI is InChI=1S/C52H49N5O7/c58-47(53-30-52-24-34-15-35(25-52)17-36(16-34)26-52)42-22-44-45(55-31-54-44)23-43(42)49(60)57-27-38-14-8-7-13-37(38)21-46(57)48(59)56-41-19-39(50(61)63-28-32-9-3-1-4-10-32)18-40(20-41)51(62)64-29-33-11-5-2-6-12-33/h1-14,18-20,22-23,31,34-36,46H,15-17,21,24-30H2,(H,53,58)(H,54,55)(H,56,59). The van der Waals surface area contributed by atoms with Crippen LogP contribution in [0.1, 0.15) is 102 Å². The SMILES string of the molecule is O=C(OCc1ccccc1)c1cc(NC(=O)C2Cc3ccccc3CN2C(=O)c2cc3[nH]cnc3cc2C(=O)NCC23CC4CC(CC(C4)C2)C3)cc(C(=O)OCc2ccccc2)c1. The van der Waals surface area contributed by atoms with Crippen LogP contribution in [0.2, 0.25) is 0 Å². The van der Waals surface area contributed by atoms with E-state index in [-0.39, 0.29) is 65.4 Å². The monoisotopic (exact) mass is 855 g/mol. The normalized spacial score (nSPS) is 21.8. The zero-order valence-corrected chi connectivity index (χ0v) is 35.4.